The Morgan fingerprint density at radius 1 is 1.06 bits per heavy atom. The monoisotopic (exact) mass is 484 g/mol. The van der Waals surface area contributed by atoms with E-state index in [0.29, 0.717) is 0 Å². The van der Waals surface area contributed by atoms with E-state index in [0.717, 1.165) is 9.50 Å². The Labute approximate surface area is 136 Å². The van der Waals surface area contributed by atoms with Crippen LogP contribution in [0, 0.1) is 3.57 Å². The zero-order valence-electron chi connectivity index (χ0n) is 8.63. The molecule has 0 aliphatic rings. The first-order valence-electron chi connectivity index (χ1n) is 4.92. The van der Waals surface area contributed by atoms with Crippen LogP contribution in [0.5, 0.6) is 0 Å². The van der Waals surface area contributed by atoms with E-state index >= 15 is 0 Å². The average Bonchev–Trinajstić information content (AvgIpc) is 2.32. The van der Waals surface area contributed by atoms with Crippen LogP contribution < -0.4 is 0 Å². The molecule has 17 heavy (non-hydrogen) atoms. The molecular weight excluding hydrogens is 478 g/mol. The molecule has 0 fully saturated rings. The van der Waals surface area contributed by atoms with Crippen molar-refractivity contribution in [2.75, 3.05) is 0 Å². The molecule has 0 spiro atoms. The van der Waals surface area contributed by atoms with Crippen molar-refractivity contribution >= 4 is 66.1 Å². The fourth-order valence-corrected chi connectivity index (χ4v) is 3.72. The molecule has 88 valence electrons. The van der Waals surface area contributed by atoms with Gasteiger partial charge in [0.05, 0.1) is 4.83 Å². The second-order valence-electron chi connectivity index (χ2n) is 3.58. The third-order valence-corrected chi connectivity index (χ3v) is 5.16. The Balaban J connectivity index is 2.39. The number of alkyl halides is 1. The Kier molecular flexibility index (Phi) is 4.92. The van der Waals surface area contributed by atoms with E-state index in [1.807, 2.05) is 30.3 Å². The van der Waals surface area contributed by atoms with E-state index in [-0.39, 0.29) is 4.83 Å². The van der Waals surface area contributed by atoms with Crippen LogP contribution in [0.1, 0.15) is 16.0 Å². The summed E-state index contributed by atoms with van der Waals surface area (Å²) in [4.78, 5) is 0.168. The van der Waals surface area contributed by atoms with Gasteiger partial charge in [0.1, 0.15) is 0 Å². The molecule has 2 aromatic carbocycles. The molecule has 2 rings (SSSR count). The second kappa shape index (κ2) is 6.04. The molecule has 2 aromatic rings. The van der Waals surface area contributed by atoms with Crippen molar-refractivity contribution in [1.82, 2.24) is 0 Å². The van der Waals surface area contributed by atoms with Crippen molar-refractivity contribution in [3.8, 4) is 0 Å². The number of benzene rings is 2. The van der Waals surface area contributed by atoms with Gasteiger partial charge in [-0.3, -0.25) is 0 Å². The van der Waals surface area contributed by atoms with Crippen molar-refractivity contribution < 1.29 is 0 Å². The topological polar surface area (TPSA) is 0 Å². The molecule has 0 nitrogen and oxygen atoms in total. The molecule has 0 saturated heterocycles. The van der Waals surface area contributed by atoms with Crippen LogP contribution in [0.25, 0.3) is 0 Å². The quantitative estimate of drug-likeness (QED) is 0.351. The molecule has 0 heterocycles. The van der Waals surface area contributed by atoms with E-state index in [1.54, 1.807) is 0 Å². The minimum atomic E-state index is 0.168. The summed E-state index contributed by atoms with van der Waals surface area (Å²) in [5.41, 5.74) is 2.41. The van der Waals surface area contributed by atoms with Gasteiger partial charge in [0.25, 0.3) is 0 Å². The molecule has 0 aliphatic carbocycles. The zero-order chi connectivity index (χ0) is 12.4. The predicted octanol–water partition coefficient (Wildman–Crippen LogP) is 6.19. The SMILES string of the molecule is Clc1ccc(I)c(C(Br)c2ccc(Br)cc2)c1. The lowest BCUT2D eigenvalue weighted by atomic mass is 10.1. The van der Waals surface area contributed by atoms with Crippen LogP contribution in [-0.4, -0.2) is 0 Å². The Hall–Kier alpha value is 0.420. The van der Waals surface area contributed by atoms with Gasteiger partial charge in [0.2, 0.25) is 0 Å². The van der Waals surface area contributed by atoms with Crippen molar-refractivity contribution in [2.24, 2.45) is 0 Å². The largest absolute Gasteiger partial charge is 0.0843 e. The van der Waals surface area contributed by atoms with Crippen molar-refractivity contribution in [3.05, 3.63) is 66.7 Å². The van der Waals surface area contributed by atoms with Crippen LogP contribution in [0.4, 0.5) is 0 Å². The predicted molar refractivity (Wildman–Crippen MR) is 89.1 cm³/mol. The highest BCUT2D eigenvalue weighted by atomic mass is 127. The summed E-state index contributed by atoms with van der Waals surface area (Å²) in [7, 11) is 0. The summed E-state index contributed by atoms with van der Waals surface area (Å²) in [5, 5.41) is 0.766. The fraction of sp³-hybridized carbons (Fsp3) is 0.0769. The number of hydrogen-bond acceptors (Lipinski definition) is 0. The summed E-state index contributed by atoms with van der Waals surface area (Å²) in [6, 6.07) is 14.2. The normalized spacial score (nSPS) is 12.5. The van der Waals surface area contributed by atoms with Crippen molar-refractivity contribution in [3.63, 3.8) is 0 Å². The third kappa shape index (κ3) is 3.46. The van der Waals surface area contributed by atoms with Gasteiger partial charge in [0.15, 0.2) is 0 Å². The van der Waals surface area contributed by atoms with Gasteiger partial charge >= 0.3 is 0 Å². The Bertz CT molecular complexity index is 525. The maximum atomic E-state index is 6.04. The lowest BCUT2D eigenvalue weighted by Gasteiger charge is -2.13. The van der Waals surface area contributed by atoms with Gasteiger partial charge in [0, 0.05) is 13.1 Å². The Morgan fingerprint density at radius 2 is 1.71 bits per heavy atom. The molecule has 0 bridgehead atoms. The molecule has 0 N–H and O–H groups in total. The second-order valence-corrected chi connectivity index (χ2v) is 7.01. The highest BCUT2D eigenvalue weighted by Crippen LogP contribution is 2.35. The first-order chi connectivity index (χ1) is 8.08. The summed E-state index contributed by atoms with van der Waals surface area (Å²) < 4.78 is 2.29. The van der Waals surface area contributed by atoms with Crippen molar-refractivity contribution in [2.45, 2.75) is 4.83 Å². The van der Waals surface area contributed by atoms with Crippen LogP contribution in [0.15, 0.2) is 46.9 Å². The minimum Gasteiger partial charge on any atom is -0.0843 e. The summed E-state index contributed by atoms with van der Waals surface area (Å²) >= 11 is 15.5. The molecular formula is C13H8Br2ClI. The summed E-state index contributed by atoms with van der Waals surface area (Å²) in [6.07, 6.45) is 0. The Morgan fingerprint density at radius 3 is 2.35 bits per heavy atom. The smallest absolute Gasteiger partial charge is 0.0655 e. The van der Waals surface area contributed by atoms with Crippen LogP contribution in [0.2, 0.25) is 5.02 Å². The van der Waals surface area contributed by atoms with Gasteiger partial charge < -0.3 is 0 Å². The van der Waals surface area contributed by atoms with Gasteiger partial charge in [-0.25, -0.2) is 0 Å². The van der Waals surface area contributed by atoms with Crippen molar-refractivity contribution in [1.29, 1.82) is 0 Å². The third-order valence-electron chi connectivity index (χ3n) is 2.39. The summed E-state index contributed by atoms with van der Waals surface area (Å²) in [5.74, 6) is 0. The highest BCUT2D eigenvalue weighted by molar-refractivity contribution is 14.1. The van der Waals surface area contributed by atoms with E-state index in [1.165, 1.54) is 14.7 Å². The molecule has 1 unspecified atom stereocenters. The lowest BCUT2D eigenvalue weighted by molar-refractivity contribution is 1.16. The zero-order valence-corrected chi connectivity index (χ0v) is 14.7. The number of hydrogen-bond donors (Lipinski definition) is 0. The molecule has 1 atom stereocenters. The highest BCUT2D eigenvalue weighted by Gasteiger charge is 2.13. The number of rotatable bonds is 2. The molecule has 0 aliphatic heterocycles. The van der Waals surface area contributed by atoms with Gasteiger partial charge in [-0.2, -0.15) is 0 Å². The average molecular weight is 486 g/mol. The van der Waals surface area contributed by atoms with E-state index < -0.39 is 0 Å². The van der Waals surface area contributed by atoms with E-state index in [2.05, 4.69) is 66.6 Å². The van der Waals surface area contributed by atoms with Crippen LogP contribution >= 0.6 is 66.1 Å². The van der Waals surface area contributed by atoms with Gasteiger partial charge in [-0.1, -0.05) is 55.6 Å². The minimum absolute atomic E-state index is 0.168. The standard InChI is InChI=1S/C13H8Br2ClI/c14-9-3-1-8(2-4-9)13(15)11-7-10(16)5-6-12(11)17/h1-7,13H. The number of halogens is 4. The van der Waals surface area contributed by atoms with Crippen LogP contribution in [0.3, 0.4) is 0 Å². The molecule has 0 saturated carbocycles. The molecule has 4 heteroatoms. The molecule has 0 amide bonds. The maximum absolute atomic E-state index is 6.04. The first-order valence-corrected chi connectivity index (χ1v) is 8.09. The van der Waals surface area contributed by atoms with Crippen LogP contribution in [-0.2, 0) is 0 Å². The van der Waals surface area contributed by atoms with E-state index in [9.17, 15) is 0 Å². The van der Waals surface area contributed by atoms with Gasteiger partial charge in [-0.05, 0) is 64.0 Å². The van der Waals surface area contributed by atoms with E-state index in [4.69, 9.17) is 11.6 Å². The maximum Gasteiger partial charge on any atom is 0.0655 e. The molecule has 0 radical (unpaired) electrons. The molecule has 0 aromatic heterocycles. The summed E-state index contributed by atoms with van der Waals surface area (Å²) in [6.45, 7) is 0. The first kappa shape index (κ1) is 13.8. The lowest BCUT2D eigenvalue weighted by Crippen LogP contribution is -1.95. The fourth-order valence-electron chi connectivity index (χ4n) is 1.52. The van der Waals surface area contributed by atoms with Gasteiger partial charge in [-0.15, -0.1) is 0 Å².